The Morgan fingerprint density at radius 2 is 2.04 bits per heavy atom. The van der Waals surface area contributed by atoms with Gasteiger partial charge in [-0.3, -0.25) is 19.7 Å². The van der Waals surface area contributed by atoms with Gasteiger partial charge in [0, 0.05) is 44.5 Å². The number of likely N-dealkylation sites (tertiary alicyclic amines) is 2. The van der Waals surface area contributed by atoms with Crippen LogP contribution in [0.1, 0.15) is 28.9 Å². The Morgan fingerprint density at radius 1 is 1.22 bits per heavy atom. The third-order valence-electron chi connectivity index (χ3n) is 5.76. The van der Waals surface area contributed by atoms with E-state index in [1.807, 2.05) is 17.0 Å². The van der Waals surface area contributed by atoms with Crippen LogP contribution in [0, 0.1) is 5.92 Å². The molecule has 0 saturated carbocycles. The van der Waals surface area contributed by atoms with Crippen molar-refractivity contribution in [3.8, 4) is 0 Å². The Bertz CT molecular complexity index is 764. The number of hydrogen-bond acceptors (Lipinski definition) is 6. The van der Waals surface area contributed by atoms with Gasteiger partial charge in [0.2, 0.25) is 0 Å². The summed E-state index contributed by atoms with van der Waals surface area (Å²) in [5.74, 6) is 0.495. The average molecular weight is 367 g/mol. The maximum atomic E-state index is 12.5. The molecule has 27 heavy (non-hydrogen) atoms. The molecular weight excluding hydrogens is 342 g/mol. The highest BCUT2D eigenvalue weighted by Gasteiger charge is 2.51. The predicted molar refractivity (Wildman–Crippen MR) is 99.9 cm³/mol. The Kier molecular flexibility index (Phi) is 5.13. The number of likely N-dealkylation sites (N-methyl/N-ethyl adjacent to an activating group) is 1. The summed E-state index contributed by atoms with van der Waals surface area (Å²) in [6, 6.07) is 3.97. The summed E-state index contributed by atoms with van der Waals surface area (Å²) in [5, 5.41) is 0. The number of piperidine rings is 1. The molecule has 2 aromatic rings. The lowest BCUT2D eigenvalue weighted by atomic mass is 9.75. The quantitative estimate of drug-likeness (QED) is 0.800. The summed E-state index contributed by atoms with van der Waals surface area (Å²) in [7, 11) is 2.16. The molecule has 0 bridgehead atoms. The van der Waals surface area contributed by atoms with Gasteiger partial charge >= 0.3 is 0 Å². The highest BCUT2D eigenvalue weighted by atomic mass is 16.5. The Hall–Kier alpha value is -2.38. The number of amides is 1. The maximum absolute atomic E-state index is 12.5. The minimum atomic E-state index is -0.0295. The second-order valence-corrected chi connectivity index (χ2v) is 7.63. The van der Waals surface area contributed by atoms with Crippen LogP contribution < -0.4 is 0 Å². The molecule has 2 aliphatic rings. The second kappa shape index (κ2) is 7.70. The van der Waals surface area contributed by atoms with Gasteiger partial charge in [0.1, 0.15) is 5.69 Å². The molecular formula is C20H25N5O2. The molecule has 4 heterocycles. The summed E-state index contributed by atoms with van der Waals surface area (Å²) in [6.07, 6.45) is 10.5. The van der Waals surface area contributed by atoms with Crippen LogP contribution in [-0.4, -0.2) is 69.5 Å². The van der Waals surface area contributed by atoms with E-state index >= 15 is 0 Å². The number of carbonyl (C=O) groups is 1. The van der Waals surface area contributed by atoms with Crippen molar-refractivity contribution in [3.63, 3.8) is 0 Å². The van der Waals surface area contributed by atoms with Crippen molar-refractivity contribution in [1.82, 2.24) is 24.8 Å². The number of rotatable bonds is 5. The number of aromatic nitrogens is 3. The van der Waals surface area contributed by atoms with Crippen molar-refractivity contribution in [2.75, 3.05) is 33.3 Å². The van der Waals surface area contributed by atoms with Crippen LogP contribution >= 0.6 is 0 Å². The predicted octanol–water partition coefficient (Wildman–Crippen LogP) is 1.62. The van der Waals surface area contributed by atoms with Crippen LogP contribution in [0.25, 0.3) is 0 Å². The van der Waals surface area contributed by atoms with Gasteiger partial charge in [-0.25, -0.2) is 4.98 Å². The summed E-state index contributed by atoms with van der Waals surface area (Å²) < 4.78 is 5.95. The molecule has 0 N–H and O–H groups in total. The third kappa shape index (κ3) is 3.84. The minimum Gasteiger partial charge on any atom is -0.376 e. The van der Waals surface area contributed by atoms with Gasteiger partial charge in [0.05, 0.1) is 18.3 Å². The minimum absolute atomic E-state index is 0.0295. The summed E-state index contributed by atoms with van der Waals surface area (Å²) in [5.41, 5.74) is 1.64. The van der Waals surface area contributed by atoms with Crippen LogP contribution in [0.15, 0.2) is 43.1 Å². The number of pyridine rings is 1. The molecule has 0 aliphatic carbocycles. The van der Waals surface area contributed by atoms with E-state index in [-0.39, 0.29) is 11.4 Å². The van der Waals surface area contributed by atoms with Crippen molar-refractivity contribution in [2.45, 2.75) is 25.0 Å². The number of ether oxygens (including phenoxy) is 1. The molecule has 142 valence electrons. The molecule has 7 heteroatoms. The fourth-order valence-corrected chi connectivity index (χ4v) is 4.12. The first-order valence-corrected chi connectivity index (χ1v) is 9.39. The molecule has 1 amide bonds. The summed E-state index contributed by atoms with van der Waals surface area (Å²) in [6.45, 7) is 3.92. The summed E-state index contributed by atoms with van der Waals surface area (Å²) >= 11 is 0. The highest BCUT2D eigenvalue weighted by Crippen LogP contribution is 2.38. The zero-order valence-corrected chi connectivity index (χ0v) is 15.6. The second-order valence-electron chi connectivity index (χ2n) is 7.63. The Morgan fingerprint density at radius 3 is 2.78 bits per heavy atom. The van der Waals surface area contributed by atoms with E-state index in [2.05, 4.69) is 26.9 Å². The molecule has 0 radical (unpaired) electrons. The lowest BCUT2D eigenvalue weighted by Gasteiger charge is -2.58. The van der Waals surface area contributed by atoms with Gasteiger partial charge in [-0.05, 0) is 50.0 Å². The van der Waals surface area contributed by atoms with Gasteiger partial charge in [-0.15, -0.1) is 0 Å². The van der Waals surface area contributed by atoms with Gasteiger partial charge < -0.3 is 9.64 Å². The molecule has 4 rings (SSSR count). The molecule has 0 aromatic carbocycles. The van der Waals surface area contributed by atoms with Crippen molar-refractivity contribution >= 4 is 5.91 Å². The van der Waals surface area contributed by atoms with Gasteiger partial charge in [-0.2, -0.15) is 0 Å². The van der Waals surface area contributed by atoms with Crippen LogP contribution in [0.4, 0.5) is 0 Å². The molecule has 2 aliphatic heterocycles. The van der Waals surface area contributed by atoms with Gasteiger partial charge in [0.15, 0.2) is 0 Å². The van der Waals surface area contributed by atoms with E-state index in [4.69, 9.17) is 4.74 Å². The van der Waals surface area contributed by atoms with Crippen molar-refractivity contribution in [1.29, 1.82) is 0 Å². The van der Waals surface area contributed by atoms with E-state index in [0.29, 0.717) is 18.2 Å². The first-order valence-electron chi connectivity index (χ1n) is 9.39. The lowest BCUT2D eigenvalue weighted by Crippen LogP contribution is -2.72. The molecule has 1 atom stereocenters. The van der Waals surface area contributed by atoms with Crippen LogP contribution in [-0.2, 0) is 11.3 Å². The van der Waals surface area contributed by atoms with E-state index in [9.17, 15) is 4.79 Å². The van der Waals surface area contributed by atoms with Crippen LogP contribution in [0.5, 0.6) is 0 Å². The molecule has 0 unspecified atom stereocenters. The zero-order valence-electron chi connectivity index (χ0n) is 15.6. The van der Waals surface area contributed by atoms with E-state index < -0.39 is 0 Å². The first-order chi connectivity index (χ1) is 13.2. The van der Waals surface area contributed by atoms with E-state index in [1.165, 1.54) is 6.20 Å². The molecule has 2 saturated heterocycles. The number of hydrogen-bond donors (Lipinski definition) is 0. The standard InChI is InChI=1S/C20H25N5O2/c1-24-9-4-17(13-27-12-16-2-5-21-6-3-16)10-20(24)14-25(15-20)19(26)18-11-22-7-8-23-18/h2-3,5-8,11,17H,4,9-10,12-15H2,1H3/t17-/m0/s1. The van der Waals surface area contributed by atoms with Crippen molar-refractivity contribution in [3.05, 3.63) is 54.4 Å². The van der Waals surface area contributed by atoms with E-state index in [0.717, 1.165) is 44.6 Å². The molecule has 1 spiro atoms. The Balaban J connectivity index is 1.30. The molecule has 2 fully saturated rings. The lowest BCUT2D eigenvalue weighted by molar-refractivity contribution is -0.0769. The number of nitrogens with zero attached hydrogens (tertiary/aromatic N) is 5. The van der Waals surface area contributed by atoms with Crippen LogP contribution in [0.2, 0.25) is 0 Å². The smallest absolute Gasteiger partial charge is 0.274 e. The zero-order chi connectivity index (χ0) is 18.7. The van der Waals surface area contributed by atoms with Gasteiger partial charge in [-0.1, -0.05) is 0 Å². The average Bonchev–Trinajstić information content (AvgIpc) is 2.68. The molecule has 2 aromatic heterocycles. The highest BCUT2D eigenvalue weighted by molar-refractivity contribution is 5.92. The first kappa shape index (κ1) is 18.0. The van der Waals surface area contributed by atoms with Crippen LogP contribution in [0.3, 0.4) is 0 Å². The SMILES string of the molecule is CN1CC[C@H](COCc2ccncc2)CC12CN(C(=O)c1cnccn1)C2. The monoisotopic (exact) mass is 367 g/mol. The molecule has 7 nitrogen and oxygen atoms in total. The topological polar surface area (TPSA) is 71.5 Å². The van der Waals surface area contributed by atoms with Crippen molar-refractivity contribution < 1.29 is 9.53 Å². The normalized spacial score (nSPS) is 21.8. The van der Waals surface area contributed by atoms with E-state index in [1.54, 1.807) is 24.8 Å². The largest absolute Gasteiger partial charge is 0.376 e. The number of carbonyl (C=O) groups excluding carboxylic acids is 1. The fraction of sp³-hybridized carbons (Fsp3) is 0.500. The summed E-state index contributed by atoms with van der Waals surface area (Å²) in [4.78, 5) is 29.0. The Labute approximate surface area is 159 Å². The van der Waals surface area contributed by atoms with Crippen molar-refractivity contribution in [2.24, 2.45) is 5.92 Å². The fourth-order valence-electron chi connectivity index (χ4n) is 4.12. The third-order valence-corrected chi connectivity index (χ3v) is 5.76. The maximum Gasteiger partial charge on any atom is 0.274 e. The van der Waals surface area contributed by atoms with Gasteiger partial charge in [0.25, 0.3) is 5.91 Å².